The van der Waals surface area contributed by atoms with Crippen LogP contribution in [0.4, 0.5) is 0 Å². The Morgan fingerprint density at radius 1 is 1.07 bits per heavy atom. The molecule has 28 heavy (non-hydrogen) atoms. The second-order valence-electron chi connectivity index (χ2n) is 8.05. The van der Waals surface area contributed by atoms with E-state index in [0.717, 1.165) is 24.2 Å². The Kier molecular flexibility index (Phi) is 5.72. The van der Waals surface area contributed by atoms with Crippen LogP contribution >= 0.6 is 0 Å². The zero-order chi connectivity index (χ0) is 19.7. The van der Waals surface area contributed by atoms with Crippen molar-refractivity contribution < 1.29 is 19.7 Å². The third-order valence-corrected chi connectivity index (χ3v) is 6.19. The van der Waals surface area contributed by atoms with Crippen molar-refractivity contribution in [1.82, 2.24) is 0 Å². The van der Waals surface area contributed by atoms with Gasteiger partial charge in [0.05, 0.1) is 32.0 Å². The zero-order valence-corrected chi connectivity index (χ0v) is 16.8. The molecular formula is C24H30O4. The van der Waals surface area contributed by atoms with Crippen LogP contribution in [0.15, 0.2) is 30.3 Å². The molecule has 1 saturated heterocycles. The molecule has 4 rings (SSSR count). The Labute approximate surface area is 167 Å². The van der Waals surface area contributed by atoms with Crippen molar-refractivity contribution in [2.45, 2.75) is 63.8 Å². The van der Waals surface area contributed by atoms with Gasteiger partial charge in [-0.25, -0.2) is 0 Å². The Bertz CT molecular complexity index is 845. The van der Waals surface area contributed by atoms with Crippen molar-refractivity contribution in [3.05, 3.63) is 63.7 Å². The standard InChI is InChI=1S/C24H30O4/c1-3-16-11-23(27-2)22(24-13-20(26)12-21(14-25)28-24)10-19(16)9-15-4-5-17-6-7-18(17)8-15/h4-5,8,10-11,20-21,24-26H,3,6-7,9,12-14H2,1-2H3. The molecule has 2 aromatic rings. The van der Waals surface area contributed by atoms with Crippen LogP contribution in [0.2, 0.25) is 0 Å². The molecule has 0 bridgehead atoms. The maximum absolute atomic E-state index is 10.2. The van der Waals surface area contributed by atoms with Gasteiger partial charge in [-0.1, -0.05) is 25.1 Å². The highest BCUT2D eigenvalue weighted by molar-refractivity contribution is 5.47. The predicted molar refractivity (Wildman–Crippen MR) is 109 cm³/mol. The highest BCUT2D eigenvalue weighted by Gasteiger charge is 2.31. The molecule has 0 saturated carbocycles. The maximum Gasteiger partial charge on any atom is 0.124 e. The summed E-state index contributed by atoms with van der Waals surface area (Å²) in [6, 6.07) is 11.1. The van der Waals surface area contributed by atoms with Crippen LogP contribution in [0.3, 0.4) is 0 Å². The number of hydrogen-bond acceptors (Lipinski definition) is 4. The van der Waals surface area contributed by atoms with E-state index >= 15 is 0 Å². The zero-order valence-electron chi connectivity index (χ0n) is 16.8. The van der Waals surface area contributed by atoms with Crippen LogP contribution in [0.5, 0.6) is 5.75 Å². The number of aryl methyl sites for hydroxylation is 3. The van der Waals surface area contributed by atoms with Gasteiger partial charge >= 0.3 is 0 Å². The first-order valence-corrected chi connectivity index (χ1v) is 10.4. The van der Waals surface area contributed by atoms with Gasteiger partial charge in [-0.2, -0.15) is 0 Å². The van der Waals surface area contributed by atoms with E-state index in [1.807, 2.05) is 0 Å². The molecule has 3 unspecified atom stereocenters. The first kappa shape index (κ1) is 19.4. The summed E-state index contributed by atoms with van der Waals surface area (Å²) in [6.45, 7) is 2.09. The first-order valence-electron chi connectivity index (χ1n) is 10.4. The number of aliphatic hydroxyl groups is 2. The molecule has 0 aromatic heterocycles. The average molecular weight is 383 g/mol. The second-order valence-corrected chi connectivity index (χ2v) is 8.05. The number of hydrogen-bond donors (Lipinski definition) is 2. The van der Waals surface area contributed by atoms with Gasteiger partial charge in [0.2, 0.25) is 0 Å². The van der Waals surface area contributed by atoms with Gasteiger partial charge in [-0.3, -0.25) is 0 Å². The third-order valence-electron chi connectivity index (χ3n) is 6.19. The average Bonchev–Trinajstić information content (AvgIpc) is 2.69. The summed E-state index contributed by atoms with van der Waals surface area (Å²) in [5, 5.41) is 19.8. The molecule has 1 fully saturated rings. The quantitative estimate of drug-likeness (QED) is 0.803. The monoisotopic (exact) mass is 382 g/mol. The van der Waals surface area contributed by atoms with Crippen molar-refractivity contribution in [1.29, 1.82) is 0 Å². The Hall–Kier alpha value is -1.88. The number of methoxy groups -OCH3 is 1. The van der Waals surface area contributed by atoms with Crippen LogP contribution in [0, 0.1) is 0 Å². The molecular weight excluding hydrogens is 352 g/mol. The number of ether oxygens (including phenoxy) is 2. The lowest BCUT2D eigenvalue weighted by molar-refractivity contribution is -0.114. The van der Waals surface area contributed by atoms with E-state index in [1.165, 1.54) is 40.7 Å². The van der Waals surface area contributed by atoms with E-state index in [1.54, 1.807) is 7.11 Å². The summed E-state index contributed by atoms with van der Waals surface area (Å²) in [7, 11) is 1.68. The van der Waals surface area contributed by atoms with E-state index in [9.17, 15) is 10.2 Å². The molecule has 2 aromatic carbocycles. The van der Waals surface area contributed by atoms with Gasteiger partial charge in [0.25, 0.3) is 0 Å². The lowest BCUT2D eigenvalue weighted by atomic mass is 9.85. The molecule has 1 heterocycles. The topological polar surface area (TPSA) is 58.9 Å². The fourth-order valence-electron chi connectivity index (χ4n) is 4.49. The van der Waals surface area contributed by atoms with Crippen molar-refractivity contribution >= 4 is 0 Å². The summed E-state index contributed by atoms with van der Waals surface area (Å²) < 4.78 is 11.7. The van der Waals surface area contributed by atoms with E-state index in [-0.39, 0.29) is 18.8 Å². The number of rotatable bonds is 6. The largest absolute Gasteiger partial charge is 0.496 e. The molecule has 2 N–H and O–H groups in total. The molecule has 0 amide bonds. The van der Waals surface area contributed by atoms with Crippen LogP contribution in [-0.4, -0.2) is 36.1 Å². The van der Waals surface area contributed by atoms with Crippen LogP contribution < -0.4 is 4.74 Å². The lowest BCUT2D eigenvalue weighted by Gasteiger charge is -2.33. The highest BCUT2D eigenvalue weighted by atomic mass is 16.5. The van der Waals surface area contributed by atoms with Gasteiger partial charge in [-0.05, 0) is 65.6 Å². The van der Waals surface area contributed by atoms with Gasteiger partial charge < -0.3 is 19.7 Å². The maximum atomic E-state index is 10.2. The molecule has 1 aliphatic heterocycles. The number of fused-ring (bicyclic) bond motifs is 1. The third kappa shape index (κ3) is 3.82. The molecule has 150 valence electrons. The number of aliphatic hydroxyl groups excluding tert-OH is 2. The van der Waals surface area contributed by atoms with Gasteiger partial charge in [-0.15, -0.1) is 0 Å². The molecule has 4 nitrogen and oxygen atoms in total. The minimum atomic E-state index is -0.470. The van der Waals surface area contributed by atoms with E-state index < -0.39 is 6.10 Å². The first-order chi connectivity index (χ1) is 13.6. The molecule has 0 radical (unpaired) electrons. The minimum absolute atomic E-state index is 0.0785. The lowest BCUT2D eigenvalue weighted by Crippen LogP contribution is -2.33. The van der Waals surface area contributed by atoms with Crippen molar-refractivity contribution in [3.8, 4) is 5.75 Å². The summed E-state index contributed by atoms with van der Waals surface area (Å²) in [4.78, 5) is 0. The van der Waals surface area contributed by atoms with Gasteiger partial charge in [0, 0.05) is 18.4 Å². The smallest absolute Gasteiger partial charge is 0.124 e. The van der Waals surface area contributed by atoms with Crippen molar-refractivity contribution in [2.75, 3.05) is 13.7 Å². The molecule has 4 heteroatoms. The highest BCUT2D eigenvalue weighted by Crippen LogP contribution is 2.38. The van der Waals surface area contributed by atoms with E-state index in [4.69, 9.17) is 9.47 Å². The van der Waals surface area contributed by atoms with Crippen LogP contribution in [0.25, 0.3) is 0 Å². The van der Waals surface area contributed by atoms with E-state index in [2.05, 4.69) is 37.3 Å². The normalized spacial score (nSPS) is 23.8. The summed E-state index contributed by atoms with van der Waals surface area (Å²) in [5.74, 6) is 0.800. The SMILES string of the molecule is CCc1cc(OC)c(C2CC(O)CC(CO)O2)cc1Cc1ccc2c(c1)CC2. The molecule has 2 aliphatic rings. The molecule has 0 spiro atoms. The summed E-state index contributed by atoms with van der Waals surface area (Å²) >= 11 is 0. The number of benzene rings is 2. The minimum Gasteiger partial charge on any atom is -0.496 e. The van der Waals surface area contributed by atoms with Gasteiger partial charge in [0.15, 0.2) is 0 Å². The van der Waals surface area contributed by atoms with Crippen molar-refractivity contribution in [2.24, 2.45) is 0 Å². The van der Waals surface area contributed by atoms with Crippen LogP contribution in [-0.2, 0) is 30.4 Å². The summed E-state index contributed by atoms with van der Waals surface area (Å²) in [5.41, 5.74) is 7.82. The Morgan fingerprint density at radius 2 is 1.89 bits per heavy atom. The summed E-state index contributed by atoms with van der Waals surface area (Å²) in [6.07, 6.45) is 4.14. The Morgan fingerprint density at radius 3 is 2.54 bits per heavy atom. The fourth-order valence-corrected chi connectivity index (χ4v) is 4.49. The fraction of sp³-hybridized carbons (Fsp3) is 0.500. The van der Waals surface area contributed by atoms with Crippen LogP contribution in [0.1, 0.15) is 59.3 Å². The Balaban J connectivity index is 1.67. The molecule has 3 atom stereocenters. The molecule has 1 aliphatic carbocycles. The van der Waals surface area contributed by atoms with Crippen molar-refractivity contribution in [3.63, 3.8) is 0 Å². The van der Waals surface area contributed by atoms with E-state index in [0.29, 0.717) is 12.8 Å². The predicted octanol–water partition coefficient (Wildman–Crippen LogP) is 3.52. The van der Waals surface area contributed by atoms with Gasteiger partial charge in [0.1, 0.15) is 5.75 Å². The second kappa shape index (κ2) is 8.24.